The Labute approximate surface area is 148 Å². The number of carbonyl (C=O) groups excluding carboxylic acids is 2. The summed E-state index contributed by atoms with van der Waals surface area (Å²) < 4.78 is 10.5. The number of ether oxygens (including phenoxy) is 2. The fourth-order valence-corrected chi connectivity index (χ4v) is 2.46. The van der Waals surface area contributed by atoms with Crippen LogP contribution in [0.25, 0.3) is 0 Å². The predicted molar refractivity (Wildman–Crippen MR) is 97.4 cm³/mol. The van der Waals surface area contributed by atoms with Crippen LogP contribution >= 0.6 is 0 Å². The van der Waals surface area contributed by atoms with Gasteiger partial charge in [-0.15, -0.1) is 0 Å². The van der Waals surface area contributed by atoms with E-state index in [0.29, 0.717) is 22.6 Å². The van der Waals surface area contributed by atoms with Gasteiger partial charge < -0.3 is 14.8 Å². The van der Waals surface area contributed by atoms with Crippen LogP contribution in [0.15, 0.2) is 36.4 Å². The lowest BCUT2D eigenvalue weighted by molar-refractivity contribution is 0.0599. The number of hydrogen-bond acceptors (Lipinski definition) is 4. The first-order valence-corrected chi connectivity index (χ1v) is 8.10. The molecule has 0 aliphatic carbocycles. The number of para-hydroxylation sites is 1. The molecular formula is C20H23NO4. The summed E-state index contributed by atoms with van der Waals surface area (Å²) >= 11 is 0. The Morgan fingerprint density at radius 1 is 1.04 bits per heavy atom. The molecule has 5 heteroatoms. The van der Waals surface area contributed by atoms with Crippen LogP contribution in [0.1, 0.15) is 45.7 Å². The summed E-state index contributed by atoms with van der Waals surface area (Å²) in [5.41, 5.74) is 3.13. The van der Waals surface area contributed by atoms with Crippen molar-refractivity contribution in [2.24, 2.45) is 0 Å². The van der Waals surface area contributed by atoms with Gasteiger partial charge >= 0.3 is 5.97 Å². The Kier molecular flexibility index (Phi) is 5.80. The third-order valence-electron chi connectivity index (χ3n) is 3.82. The van der Waals surface area contributed by atoms with Gasteiger partial charge in [0.05, 0.1) is 24.3 Å². The number of esters is 1. The van der Waals surface area contributed by atoms with Gasteiger partial charge in [0.25, 0.3) is 5.91 Å². The van der Waals surface area contributed by atoms with Crippen LogP contribution in [0.4, 0.5) is 5.69 Å². The van der Waals surface area contributed by atoms with Gasteiger partial charge in [-0.2, -0.15) is 0 Å². The molecule has 0 saturated heterocycles. The quantitative estimate of drug-likeness (QED) is 0.831. The normalized spacial score (nSPS) is 10.5. The number of benzene rings is 2. The largest absolute Gasteiger partial charge is 0.490 e. The molecule has 2 rings (SSSR count). The van der Waals surface area contributed by atoms with Gasteiger partial charge in [-0.1, -0.05) is 12.1 Å². The first-order chi connectivity index (χ1) is 11.8. The van der Waals surface area contributed by atoms with Crippen molar-refractivity contribution in [1.82, 2.24) is 0 Å². The maximum absolute atomic E-state index is 12.7. The second-order valence-corrected chi connectivity index (χ2v) is 6.07. The van der Waals surface area contributed by atoms with E-state index < -0.39 is 5.97 Å². The summed E-state index contributed by atoms with van der Waals surface area (Å²) in [6.07, 6.45) is -0.0403. The minimum absolute atomic E-state index is 0.0403. The van der Waals surface area contributed by atoms with Crippen molar-refractivity contribution in [1.29, 1.82) is 0 Å². The van der Waals surface area contributed by atoms with Crippen molar-refractivity contribution >= 4 is 17.6 Å². The zero-order valence-electron chi connectivity index (χ0n) is 15.2. The molecule has 25 heavy (non-hydrogen) atoms. The van der Waals surface area contributed by atoms with Crippen LogP contribution in [0, 0.1) is 13.8 Å². The molecule has 0 heterocycles. The monoisotopic (exact) mass is 341 g/mol. The average Bonchev–Trinajstić information content (AvgIpc) is 2.57. The summed E-state index contributed by atoms with van der Waals surface area (Å²) in [6, 6.07) is 10.5. The Bertz CT molecular complexity index is 796. The summed E-state index contributed by atoms with van der Waals surface area (Å²) in [7, 11) is 1.34. The molecule has 0 atom stereocenters. The Hall–Kier alpha value is -2.82. The zero-order valence-corrected chi connectivity index (χ0v) is 15.2. The smallest absolute Gasteiger partial charge is 0.338 e. The van der Waals surface area contributed by atoms with Crippen LogP contribution in [0.2, 0.25) is 0 Å². The van der Waals surface area contributed by atoms with Crippen molar-refractivity contribution in [3.8, 4) is 5.75 Å². The maximum atomic E-state index is 12.7. The van der Waals surface area contributed by atoms with Gasteiger partial charge in [0.2, 0.25) is 0 Å². The van der Waals surface area contributed by atoms with E-state index in [1.165, 1.54) is 7.11 Å². The molecule has 0 aromatic heterocycles. The van der Waals surface area contributed by atoms with Gasteiger partial charge in [0, 0.05) is 5.69 Å². The number of carbonyl (C=O) groups is 2. The minimum Gasteiger partial charge on any atom is -0.490 e. The number of aryl methyl sites for hydroxylation is 1. The molecule has 0 bridgehead atoms. The van der Waals surface area contributed by atoms with E-state index in [-0.39, 0.29) is 12.0 Å². The van der Waals surface area contributed by atoms with Crippen LogP contribution < -0.4 is 10.1 Å². The molecule has 1 N–H and O–H groups in total. The van der Waals surface area contributed by atoms with E-state index in [4.69, 9.17) is 9.47 Å². The highest BCUT2D eigenvalue weighted by atomic mass is 16.5. The summed E-state index contributed by atoms with van der Waals surface area (Å²) in [5, 5.41) is 2.83. The topological polar surface area (TPSA) is 64.6 Å². The molecule has 2 aromatic carbocycles. The first-order valence-electron chi connectivity index (χ1n) is 8.10. The van der Waals surface area contributed by atoms with E-state index >= 15 is 0 Å². The van der Waals surface area contributed by atoms with Gasteiger partial charge in [-0.05, 0) is 63.1 Å². The highest BCUT2D eigenvalue weighted by Crippen LogP contribution is 2.24. The molecular weight excluding hydrogens is 318 g/mol. The van der Waals surface area contributed by atoms with E-state index in [0.717, 1.165) is 11.1 Å². The molecule has 0 radical (unpaired) electrons. The third-order valence-corrected chi connectivity index (χ3v) is 3.82. The number of hydrogen-bond donors (Lipinski definition) is 1. The van der Waals surface area contributed by atoms with Crippen LogP contribution in [0.5, 0.6) is 5.75 Å². The number of amides is 1. The fourth-order valence-electron chi connectivity index (χ4n) is 2.46. The molecule has 0 aliphatic rings. The molecule has 0 fully saturated rings. The Balaban J connectivity index is 2.33. The Morgan fingerprint density at radius 3 is 2.36 bits per heavy atom. The van der Waals surface area contributed by atoms with Gasteiger partial charge in [0.1, 0.15) is 5.75 Å². The fraction of sp³-hybridized carbons (Fsp3) is 0.300. The summed E-state index contributed by atoms with van der Waals surface area (Å²) in [6.45, 7) is 7.54. The number of methoxy groups -OCH3 is 1. The predicted octanol–water partition coefficient (Wildman–Crippen LogP) is 4.13. The average molecular weight is 341 g/mol. The first kappa shape index (κ1) is 18.5. The zero-order chi connectivity index (χ0) is 18.6. The maximum Gasteiger partial charge on any atom is 0.338 e. The summed E-state index contributed by atoms with van der Waals surface area (Å²) in [5.74, 6) is -0.206. The number of nitrogens with one attached hydrogen (secondary N) is 1. The standard InChI is InChI=1S/C20H23NO4/c1-12(2)25-18-9-7-6-8-16(18)19(22)21-15-10-13(3)14(4)17(11-15)20(23)24-5/h6-12H,1-5H3,(H,21,22). The molecule has 5 nitrogen and oxygen atoms in total. The molecule has 132 valence electrons. The van der Waals surface area contributed by atoms with Crippen molar-refractivity contribution < 1.29 is 19.1 Å². The number of anilines is 1. The van der Waals surface area contributed by atoms with E-state index in [1.54, 1.807) is 24.3 Å². The van der Waals surface area contributed by atoms with Crippen LogP contribution in [0.3, 0.4) is 0 Å². The second kappa shape index (κ2) is 7.83. The van der Waals surface area contributed by atoms with Gasteiger partial charge in [-0.25, -0.2) is 4.79 Å². The van der Waals surface area contributed by atoms with E-state index in [2.05, 4.69) is 5.32 Å². The molecule has 2 aromatic rings. The lowest BCUT2D eigenvalue weighted by atomic mass is 10.0. The van der Waals surface area contributed by atoms with Crippen molar-refractivity contribution in [2.75, 3.05) is 12.4 Å². The minimum atomic E-state index is -0.430. The molecule has 1 amide bonds. The van der Waals surface area contributed by atoms with Crippen LogP contribution in [-0.4, -0.2) is 25.1 Å². The van der Waals surface area contributed by atoms with Crippen molar-refractivity contribution in [2.45, 2.75) is 33.8 Å². The lowest BCUT2D eigenvalue weighted by Gasteiger charge is -2.15. The summed E-state index contributed by atoms with van der Waals surface area (Å²) in [4.78, 5) is 24.6. The van der Waals surface area contributed by atoms with Crippen molar-refractivity contribution in [3.05, 3.63) is 58.7 Å². The molecule has 0 spiro atoms. The van der Waals surface area contributed by atoms with Gasteiger partial charge in [0.15, 0.2) is 0 Å². The molecule has 0 aliphatic heterocycles. The van der Waals surface area contributed by atoms with E-state index in [9.17, 15) is 9.59 Å². The highest BCUT2D eigenvalue weighted by Gasteiger charge is 2.16. The van der Waals surface area contributed by atoms with Crippen molar-refractivity contribution in [3.63, 3.8) is 0 Å². The molecule has 0 unspecified atom stereocenters. The van der Waals surface area contributed by atoms with Crippen LogP contribution in [-0.2, 0) is 4.74 Å². The number of rotatable bonds is 5. The SMILES string of the molecule is COC(=O)c1cc(NC(=O)c2ccccc2OC(C)C)cc(C)c1C. The second-order valence-electron chi connectivity index (χ2n) is 6.07. The molecule has 0 saturated carbocycles. The highest BCUT2D eigenvalue weighted by molar-refractivity contribution is 6.06. The van der Waals surface area contributed by atoms with E-state index in [1.807, 2.05) is 39.8 Å². The third kappa shape index (κ3) is 4.38. The Morgan fingerprint density at radius 2 is 1.72 bits per heavy atom. The van der Waals surface area contributed by atoms with Gasteiger partial charge in [-0.3, -0.25) is 4.79 Å². The lowest BCUT2D eigenvalue weighted by Crippen LogP contribution is -2.16.